The Hall–Kier alpha value is -9.18. The van der Waals surface area contributed by atoms with Gasteiger partial charge in [0.25, 0.3) is 0 Å². The number of para-hydroxylation sites is 4. The standard InChI is InChI=1S/C66H41NO2/c1-4-16-52-46(13-1)39-48(54-22-12-24-60-58-20-8-10-26-64(58)69-66(54)60)40-61(52)45-33-37-50(38-34-45)67(62-41-47-14-2-3-15-51(47)55-17-5-6-18-56(55)62)49-35-31-43(32-36-49)42-27-29-44(30-28-42)53-21-11-23-59-57-19-7-9-25-63(57)68-65(53)59/h1-41H. The van der Waals surface area contributed by atoms with Crippen molar-refractivity contribution in [3.05, 3.63) is 249 Å². The lowest BCUT2D eigenvalue weighted by atomic mass is 9.92. The van der Waals surface area contributed by atoms with Crippen LogP contribution in [-0.4, -0.2) is 0 Å². The van der Waals surface area contributed by atoms with Gasteiger partial charge in [-0.05, 0) is 115 Å². The van der Waals surface area contributed by atoms with E-state index < -0.39 is 0 Å². The van der Waals surface area contributed by atoms with E-state index in [0.717, 1.165) is 99.9 Å². The first-order chi connectivity index (χ1) is 34.2. The zero-order valence-corrected chi connectivity index (χ0v) is 37.4. The van der Waals surface area contributed by atoms with Crippen LogP contribution in [0.4, 0.5) is 17.1 Å². The van der Waals surface area contributed by atoms with Gasteiger partial charge < -0.3 is 13.7 Å². The fourth-order valence-electron chi connectivity index (χ4n) is 10.7. The molecule has 12 aromatic carbocycles. The summed E-state index contributed by atoms with van der Waals surface area (Å²) in [4.78, 5) is 2.41. The third-order valence-electron chi connectivity index (χ3n) is 14.1. The van der Waals surface area contributed by atoms with Crippen molar-refractivity contribution < 1.29 is 8.83 Å². The maximum atomic E-state index is 6.55. The fraction of sp³-hybridized carbons (Fsp3) is 0. The summed E-state index contributed by atoms with van der Waals surface area (Å²) < 4.78 is 12.9. The van der Waals surface area contributed by atoms with E-state index in [1.54, 1.807) is 0 Å². The van der Waals surface area contributed by atoms with Crippen molar-refractivity contribution in [2.45, 2.75) is 0 Å². The predicted octanol–water partition coefficient (Wildman–Crippen LogP) is 19.1. The normalized spacial score (nSPS) is 11.8. The average molecular weight is 880 g/mol. The fourth-order valence-corrected chi connectivity index (χ4v) is 10.7. The molecule has 0 aliphatic heterocycles. The second kappa shape index (κ2) is 15.7. The first kappa shape index (κ1) is 39.0. The van der Waals surface area contributed by atoms with Crippen LogP contribution >= 0.6 is 0 Å². The van der Waals surface area contributed by atoms with Crippen molar-refractivity contribution in [1.29, 1.82) is 0 Å². The lowest BCUT2D eigenvalue weighted by Crippen LogP contribution is -2.10. The Morgan fingerprint density at radius 1 is 0.246 bits per heavy atom. The molecule has 0 saturated carbocycles. The van der Waals surface area contributed by atoms with Crippen LogP contribution in [0.15, 0.2) is 258 Å². The van der Waals surface area contributed by atoms with E-state index in [1.807, 2.05) is 18.2 Å². The maximum Gasteiger partial charge on any atom is 0.143 e. The van der Waals surface area contributed by atoms with Crippen LogP contribution in [0.25, 0.3) is 121 Å². The highest BCUT2D eigenvalue weighted by Gasteiger charge is 2.20. The van der Waals surface area contributed by atoms with Crippen LogP contribution < -0.4 is 4.90 Å². The highest BCUT2D eigenvalue weighted by molar-refractivity contribution is 6.15. The number of furan rings is 2. The van der Waals surface area contributed by atoms with E-state index in [9.17, 15) is 0 Å². The molecule has 0 aliphatic rings. The van der Waals surface area contributed by atoms with Crippen LogP contribution in [0, 0.1) is 0 Å². The lowest BCUT2D eigenvalue weighted by molar-refractivity contribution is 0.669. The van der Waals surface area contributed by atoms with Crippen molar-refractivity contribution in [1.82, 2.24) is 0 Å². The van der Waals surface area contributed by atoms with Crippen molar-refractivity contribution in [3.8, 4) is 44.5 Å². The van der Waals surface area contributed by atoms with E-state index in [-0.39, 0.29) is 0 Å². The zero-order valence-electron chi connectivity index (χ0n) is 37.4. The summed E-state index contributed by atoms with van der Waals surface area (Å²) in [6.45, 7) is 0. The molecule has 322 valence electrons. The molecule has 0 atom stereocenters. The van der Waals surface area contributed by atoms with Crippen LogP contribution in [0.2, 0.25) is 0 Å². The molecular weight excluding hydrogens is 839 g/mol. The number of nitrogens with zero attached hydrogens (tertiary/aromatic N) is 1. The van der Waals surface area contributed by atoms with E-state index in [0.29, 0.717) is 0 Å². The van der Waals surface area contributed by atoms with Gasteiger partial charge in [0, 0.05) is 49.4 Å². The summed E-state index contributed by atoms with van der Waals surface area (Å²) in [7, 11) is 0. The Balaban J connectivity index is 0.868. The van der Waals surface area contributed by atoms with Gasteiger partial charge >= 0.3 is 0 Å². The lowest BCUT2D eigenvalue weighted by Gasteiger charge is -2.28. The number of rotatable bonds is 7. The summed E-state index contributed by atoms with van der Waals surface area (Å²) in [6, 6.07) is 89.6. The van der Waals surface area contributed by atoms with E-state index in [2.05, 4.69) is 235 Å². The molecule has 0 fully saturated rings. The number of hydrogen-bond acceptors (Lipinski definition) is 3. The van der Waals surface area contributed by atoms with Crippen LogP contribution in [0.1, 0.15) is 0 Å². The average Bonchev–Trinajstić information content (AvgIpc) is 4.00. The third-order valence-corrected chi connectivity index (χ3v) is 14.1. The molecule has 2 aromatic heterocycles. The summed E-state index contributed by atoms with van der Waals surface area (Å²) in [6.07, 6.45) is 0. The highest BCUT2D eigenvalue weighted by Crippen LogP contribution is 2.45. The molecule has 3 heteroatoms. The monoisotopic (exact) mass is 879 g/mol. The minimum atomic E-state index is 0.901. The van der Waals surface area contributed by atoms with Gasteiger partial charge in [-0.3, -0.25) is 0 Å². The minimum Gasteiger partial charge on any atom is -0.455 e. The van der Waals surface area contributed by atoms with E-state index in [1.165, 1.54) is 37.9 Å². The Morgan fingerprint density at radius 3 is 1.28 bits per heavy atom. The zero-order chi connectivity index (χ0) is 45.4. The van der Waals surface area contributed by atoms with Crippen molar-refractivity contribution in [2.75, 3.05) is 4.90 Å². The van der Waals surface area contributed by atoms with Gasteiger partial charge in [0.15, 0.2) is 0 Å². The first-order valence-electron chi connectivity index (χ1n) is 23.6. The Bertz CT molecular complexity index is 4290. The van der Waals surface area contributed by atoms with Gasteiger partial charge in [-0.25, -0.2) is 0 Å². The predicted molar refractivity (Wildman–Crippen MR) is 290 cm³/mol. The molecule has 14 rings (SSSR count). The van der Waals surface area contributed by atoms with Gasteiger partial charge in [-0.15, -0.1) is 0 Å². The van der Waals surface area contributed by atoms with Gasteiger partial charge in [0.2, 0.25) is 0 Å². The number of benzene rings is 12. The molecular formula is C66H41NO2. The molecule has 0 radical (unpaired) electrons. The summed E-state index contributed by atoms with van der Waals surface area (Å²) in [5, 5.41) is 11.8. The first-order valence-corrected chi connectivity index (χ1v) is 23.6. The Morgan fingerprint density at radius 2 is 0.667 bits per heavy atom. The summed E-state index contributed by atoms with van der Waals surface area (Å²) in [5.74, 6) is 0. The third kappa shape index (κ3) is 6.43. The quantitative estimate of drug-likeness (QED) is 0.149. The molecule has 2 heterocycles. The van der Waals surface area contributed by atoms with Crippen molar-refractivity contribution >= 4 is 93.3 Å². The number of hydrogen-bond donors (Lipinski definition) is 0. The van der Waals surface area contributed by atoms with Crippen LogP contribution in [0.3, 0.4) is 0 Å². The summed E-state index contributed by atoms with van der Waals surface area (Å²) in [5.41, 5.74) is 16.0. The van der Waals surface area contributed by atoms with Gasteiger partial charge in [-0.1, -0.05) is 194 Å². The number of anilines is 3. The van der Waals surface area contributed by atoms with Crippen LogP contribution in [-0.2, 0) is 0 Å². The van der Waals surface area contributed by atoms with E-state index in [4.69, 9.17) is 8.83 Å². The SMILES string of the molecule is c1ccc2c(-c3ccc(N(c4ccc(-c5ccc(-c6cccc7c6oc6ccccc67)cc5)cc4)c4cc5ccccc5c5ccccc45)cc3)cc(-c3cccc4c3oc3ccccc34)cc2c1. The topological polar surface area (TPSA) is 29.5 Å². The second-order valence-corrected chi connectivity index (χ2v) is 18.0. The van der Waals surface area contributed by atoms with Crippen molar-refractivity contribution in [3.63, 3.8) is 0 Å². The molecule has 0 spiro atoms. The van der Waals surface area contributed by atoms with E-state index >= 15 is 0 Å². The maximum absolute atomic E-state index is 6.55. The van der Waals surface area contributed by atoms with Gasteiger partial charge in [-0.2, -0.15) is 0 Å². The van der Waals surface area contributed by atoms with Gasteiger partial charge in [0.05, 0.1) is 5.69 Å². The minimum absolute atomic E-state index is 0.901. The second-order valence-electron chi connectivity index (χ2n) is 18.0. The highest BCUT2D eigenvalue weighted by atomic mass is 16.3. The molecule has 3 nitrogen and oxygen atoms in total. The molecule has 69 heavy (non-hydrogen) atoms. The molecule has 0 amide bonds. The summed E-state index contributed by atoms with van der Waals surface area (Å²) >= 11 is 0. The molecule has 0 saturated heterocycles. The van der Waals surface area contributed by atoms with Crippen LogP contribution in [0.5, 0.6) is 0 Å². The Labute approximate surface area is 398 Å². The molecule has 0 aliphatic carbocycles. The molecule has 14 aromatic rings. The molecule has 0 bridgehead atoms. The molecule has 0 unspecified atom stereocenters. The Kier molecular flexibility index (Phi) is 8.90. The number of fused-ring (bicyclic) bond motifs is 10. The molecule has 0 N–H and O–H groups in total. The van der Waals surface area contributed by atoms with Crippen molar-refractivity contribution in [2.24, 2.45) is 0 Å². The smallest absolute Gasteiger partial charge is 0.143 e. The van der Waals surface area contributed by atoms with Gasteiger partial charge in [0.1, 0.15) is 22.3 Å². The largest absolute Gasteiger partial charge is 0.455 e.